The molecule has 0 aliphatic rings. The lowest BCUT2D eigenvalue weighted by Crippen LogP contribution is -2.08. The normalized spacial score (nSPS) is 11.9. The van der Waals surface area contributed by atoms with E-state index in [0.29, 0.717) is 16.4 Å². The van der Waals surface area contributed by atoms with Gasteiger partial charge in [0.1, 0.15) is 0 Å². The van der Waals surface area contributed by atoms with Crippen LogP contribution < -0.4 is 0 Å². The minimum absolute atomic E-state index is 0.0304. The highest BCUT2D eigenvalue weighted by atomic mass is 35.5. The second-order valence-electron chi connectivity index (χ2n) is 5.94. The third-order valence-corrected chi connectivity index (χ3v) is 4.37. The molecule has 4 nitrogen and oxygen atoms in total. The molecule has 4 rings (SSSR count). The molecule has 0 fully saturated rings. The van der Waals surface area contributed by atoms with Crippen molar-refractivity contribution in [2.24, 2.45) is 0 Å². The molecule has 0 spiro atoms. The number of hydrogen-bond acceptors (Lipinski definition) is 3. The predicted octanol–water partition coefficient (Wildman–Crippen LogP) is 5.46. The third-order valence-electron chi connectivity index (χ3n) is 4.12. The molecule has 3 heterocycles. The van der Waals surface area contributed by atoms with E-state index in [-0.39, 0.29) is 22.4 Å². The van der Waals surface area contributed by atoms with Gasteiger partial charge >= 0.3 is 6.18 Å². The fourth-order valence-electron chi connectivity index (χ4n) is 2.92. The third kappa shape index (κ3) is 3.14. The Hall–Kier alpha value is -2.93. The fraction of sp³-hybridized carbons (Fsp3) is 0.105. The van der Waals surface area contributed by atoms with Gasteiger partial charge in [-0.2, -0.15) is 18.3 Å². The van der Waals surface area contributed by atoms with Crippen LogP contribution in [0.1, 0.15) is 11.3 Å². The Labute approximate surface area is 157 Å². The quantitative estimate of drug-likeness (QED) is 0.457. The van der Waals surface area contributed by atoms with Crippen molar-refractivity contribution in [3.8, 4) is 17.1 Å². The summed E-state index contributed by atoms with van der Waals surface area (Å²) in [5.41, 5.74) is 0.622. The molecule has 4 aromatic rings. The molecule has 0 aliphatic carbocycles. The van der Waals surface area contributed by atoms with Crippen LogP contribution in [0.2, 0.25) is 5.02 Å². The summed E-state index contributed by atoms with van der Waals surface area (Å²) in [7, 11) is 0. The van der Waals surface area contributed by atoms with E-state index in [2.05, 4.69) is 15.1 Å². The molecule has 3 aromatic heterocycles. The zero-order chi connectivity index (χ0) is 19.2. The van der Waals surface area contributed by atoms with Crippen LogP contribution in [0.15, 0.2) is 54.7 Å². The Morgan fingerprint density at radius 2 is 1.74 bits per heavy atom. The number of benzene rings is 1. The molecule has 0 radical (unpaired) electrons. The fourth-order valence-corrected chi connectivity index (χ4v) is 3.05. The summed E-state index contributed by atoms with van der Waals surface area (Å²) < 4.78 is 42.7. The smallest absolute Gasteiger partial charge is 0.255 e. The number of pyridine rings is 2. The van der Waals surface area contributed by atoms with Crippen molar-refractivity contribution < 1.29 is 13.2 Å². The monoisotopic (exact) mass is 388 g/mol. The number of nitrogens with zero attached hydrogens (tertiary/aromatic N) is 4. The highest BCUT2D eigenvalue weighted by Gasteiger charge is 2.36. The van der Waals surface area contributed by atoms with Gasteiger partial charge in [-0.1, -0.05) is 17.7 Å². The number of aryl methyl sites for hydroxylation is 1. The van der Waals surface area contributed by atoms with Crippen LogP contribution in [-0.4, -0.2) is 19.7 Å². The molecule has 0 aliphatic heterocycles. The molecule has 0 atom stereocenters. The Morgan fingerprint density at radius 1 is 1.00 bits per heavy atom. The maximum atomic E-state index is 13.8. The molecule has 8 heteroatoms. The van der Waals surface area contributed by atoms with Gasteiger partial charge in [-0.15, -0.1) is 0 Å². The van der Waals surface area contributed by atoms with Gasteiger partial charge in [0.15, 0.2) is 5.65 Å². The number of aromatic nitrogens is 4. The van der Waals surface area contributed by atoms with Gasteiger partial charge < -0.3 is 0 Å². The Kier molecular flexibility index (Phi) is 4.11. The molecule has 0 saturated carbocycles. The van der Waals surface area contributed by atoms with Crippen LogP contribution in [0.3, 0.4) is 0 Å². The Bertz CT molecular complexity index is 1120. The molecular formula is C19H12ClF3N4. The Balaban J connectivity index is 2.06. The van der Waals surface area contributed by atoms with Crippen molar-refractivity contribution in [1.82, 2.24) is 19.7 Å². The highest BCUT2D eigenvalue weighted by molar-refractivity contribution is 6.30. The van der Waals surface area contributed by atoms with Gasteiger partial charge in [-0.25, -0.2) is 9.67 Å². The first kappa shape index (κ1) is 17.5. The lowest BCUT2D eigenvalue weighted by Gasteiger charge is -2.11. The average molecular weight is 389 g/mol. The predicted molar refractivity (Wildman–Crippen MR) is 96.8 cm³/mol. The van der Waals surface area contributed by atoms with Gasteiger partial charge in [0, 0.05) is 11.2 Å². The molecule has 27 heavy (non-hydrogen) atoms. The minimum atomic E-state index is -4.55. The van der Waals surface area contributed by atoms with Gasteiger partial charge in [0.2, 0.25) is 0 Å². The summed E-state index contributed by atoms with van der Waals surface area (Å²) in [5.74, 6) is 0. The number of alkyl halides is 3. The largest absolute Gasteiger partial charge is 0.417 e. The van der Waals surface area contributed by atoms with Crippen molar-refractivity contribution in [3.05, 3.63) is 71.0 Å². The minimum Gasteiger partial charge on any atom is -0.255 e. The van der Waals surface area contributed by atoms with E-state index in [4.69, 9.17) is 11.6 Å². The number of hydrogen-bond donors (Lipinski definition) is 0. The Morgan fingerprint density at radius 3 is 2.37 bits per heavy atom. The SMILES string of the molecule is Cc1nn(-c2ccc(Cl)cc2)c2nc(-c3ccccn3)cc(C(F)(F)F)c12. The summed E-state index contributed by atoms with van der Waals surface area (Å²) in [6, 6.07) is 12.7. The molecule has 0 N–H and O–H groups in total. The molecule has 1 aromatic carbocycles. The van der Waals surface area contributed by atoms with Crippen LogP contribution in [-0.2, 0) is 6.18 Å². The highest BCUT2D eigenvalue weighted by Crippen LogP contribution is 2.38. The molecule has 136 valence electrons. The van der Waals surface area contributed by atoms with Crippen molar-refractivity contribution in [2.75, 3.05) is 0 Å². The number of fused-ring (bicyclic) bond motifs is 1. The zero-order valence-corrected chi connectivity index (χ0v) is 14.8. The van der Waals surface area contributed by atoms with E-state index in [9.17, 15) is 13.2 Å². The summed E-state index contributed by atoms with van der Waals surface area (Å²) in [5, 5.41) is 4.78. The van der Waals surface area contributed by atoms with E-state index in [1.165, 1.54) is 17.8 Å². The van der Waals surface area contributed by atoms with Crippen LogP contribution in [0.4, 0.5) is 13.2 Å². The summed E-state index contributed by atoms with van der Waals surface area (Å²) in [4.78, 5) is 8.57. The van der Waals surface area contributed by atoms with Gasteiger partial charge in [-0.3, -0.25) is 4.98 Å². The second kappa shape index (κ2) is 6.35. The van der Waals surface area contributed by atoms with E-state index in [1.807, 2.05) is 0 Å². The first-order valence-corrected chi connectivity index (χ1v) is 8.37. The maximum absolute atomic E-state index is 13.8. The van der Waals surface area contributed by atoms with Gasteiger partial charge in [-0.05, 0) is 49.4 Å². The van der Waals surface area contributed by atoms with E-state index >= 15 is 0 Å². The molecular weight excluding hydrogens is 377 g/mol. The molecule has 0 amide bonds. The second-order valence-corrected chi connectivity index (χ2v) is 6.38. The topological polar surface area (TPSA) is 43.6 Å². The lowest BCUT2D eigenvalue weighted by molar-refractivity contribution is -0.136. The lowest BCUT2D eigenvalue weighted by atomic mass is 10.1. The maximum Gasteiger partial charge on any atom is 0.417 e. The van der Waals surface area contributed by atoms with Crippen molar-refractivity contribution in [2.45, 2.75) is 13.1 Å². The average Bonchev–Trinajstić information content (AvgIpc) is 2.98. The number of halogens is 4. The van der Waals surface area contributed by atoms with Crippen LogP contribution in [0.5, 0.6) is 0 Å². The van der Waals surface area contributed by atoms with Crippen LogP contribution in [0.25, 0.3) is 28.1 Å². The summed E-state index contributed by atoms with van der Waals surface area (Å²) in [6.07, 6.45) is -3.04. The summed E-state index contributed by atoms with van der Waals surface area (Å²) >= 11 is 5.91. The standard InChI is InChI=1S/C19H12ClF3N4/c1-11-17-14(19(21,22)23)10-16(15-4-2-3-9-24-15)25-18(17)27(26-11)13-7-5-12(20)6-8-13/h2-10H,1H3. The summed E-state index contributed by atoms with van der Waals surface area (Å²) in [6.45, 7) is 1.53. The van der Waals surface area contributed by atoms with Crippen molar-refractivity contribution >= 4 is 22.6 Å². The van der Waals surface area contributed by atoms with Gasteiger partial charge in [0.25, 0.3) is 0 Å². The zero-order valence-electron chi connectivity index (χ0n) is 14.0. The van der Waals surface area contributed by atoms with Crippen LogP contribution >= 0.6 is 11.6 Å². The van der Waals surface area contributed by atoms with Crippen LogP contribution in [0, 0.1) is 6.92 Å². The number of rotatable bonds is 2. The molecule has 0 bridgehead atoms. The van der Waals surface area contributed by atoms with Crippen molar-refractivity contribution in [1.29, 1.82) is 0 Å². The van der Waals surface area contributed by atoms with Gasteiger partial charge in [0.05, 0.1) is 33.7 Å². The van der Waals surface area contributed by atoms with E-state index in [1.54, 1.807) is 42.5 Å². The van der Waals surface area contributed by atoms with Crippen molar-refractivity contribution in [3.63, 3.8) is 0 Å². The molecule has 0 unspecified atom stereocenters. The van der Waals surface area contributed by atoms with E-state index < -0.39 is 11.7 Å². The molecule has 0 saturated heterocycles. The first-order valence-electron chi connectivity index (χ1n) is 7.99. The van der Waals surface area contributed by atoms with E-state index in [0.717, 1.165) is 6.07 Å². The first-order chi connectivity index (χ1) is 12.8.